The van der Waals surface area contributed by atoms with Crippen LogP contribution in [0.3, 0.4) is 0 Å². The van der Waals surface area contributed by atoms with Crippen LogP contribution in [0.5, 0.6) is 0 Å². The molecule has 0 bridgehead atoms. The second kappa shape index (κ2) is 10.7. The highest BCUT2D eigenvalue weighted by atomic mass is 19.1. The molecule has 6 rings (SSSR count). The molecule has 0 aliphatic carbocycles. The minimum Gasteiger partial charge on any atom is -0.352 e. The summed E-state index contributed by atoms with van der Waals surface area (Å²) in [5, 5.41) is 7.74. The molecule has 5 aromatic rings. The van der Waals surface area contributed by atoms with E-state index in [0.29, 0.717) is 32.1 Å². The predicted molar refractivity (Wildman–Crippen MR) is 157 cm³/mol. The molecule has 7 nitrogen and oxygen atoms in total. The zero-order chi connectivity index (χ0) is 27.8. The summed E-state index contributed by atoms with van der Waals surface area (Å²) < 4.78 is 15.4. The van der Waals surface area contributed by atoms with Gasteiger partial charge in [0.2, 0.25) is 0 Å². The number of amides is 1. The number of anilines is 1. The number of carbonyl (C=O) groups is 1. The van der Waals surface area contributed by atoms with Crippen molar-refractivity contribution in [2.45, 2.75) is 33.6 Å². The number of hydrogen-bond donors (Lipinski definition) is 0. The van der Waals surface area contributed by atoms with E-state index in [1.807, 2.05) is 54.3 Å². The van der Waals surface area contributed by atoms with E-state index in [4.69, 9.17) is 15.1 Å². The number of rotatable bonds is 6. The van der Waals surface area contributed by atoms with Crippen LogP contribution in [0.1, 0.15) is 42.1 Å². The van der Waals surface area contributed by atoms with Crippen molar-refractivity contribution >= 4 is 33.5 Å². The zero-order valence-electron chi connectivity index (χ0n) is 23.1. The summed E-state index contributed by atoms with van der Waals surface area (Å²) >= 11 is 0. The fourth-order valence-corrected chi connectivity index (χ4v) is 5.43. The van der Waals surface area contributed by atoms with Gasteiger partial charge in [-0.15, -0.1) is 0 Å². The van der Waals surface area contributed by atoms with Crippen molar-refractivity contribution in [1.82, 2.24) is 24.6 Å². The number of fused-ring (bicyclic) bond motifs is 2. The first-order valence-corrected chi connectivity index (χ1v) is 13.9. The van der Waals surface area contributed by atoms with Gasteiger partial charge in [-0.25, -0.2) is 19.0 Å². The van der Waals surface area contributed by atoms with Crippen LogP contribution in [0, 0.1) is 18.7 Å². The van der Waals surface area contributed by atoms with Gasteiger partial charge in [-0.1, -0.05) is 50.2 Å². The molecule has 2 aromatic heterocycles. The normalized spacial score (nSPS) is 14.0. The molecule has 1 amide bonds. The number of carbonyl (C=O) groups excluding carboxylic acids is 1. The molecule has 0 N–H and O–H groups in total. The maximum Gasteiger partial charge on any atom is 0.254 e. The van der Waals surface area contributed by atoms with E-state index in [2.05, 4.69) is 18.7 Å². The lowest BCUT2D eigenvalue weighted by Gasteiger charge is -2.36. The van der Waals surface area contributed by atoms with Crippen LogP contribution >= 0.6 is 0 Å². The van der Waals surface area contributed by atoms with E-state index in [-0.39, 0.29) is 11.7 Å². The van der Waals surface area contributed by atoms with E-state index in [1.165, 1.54) is 12.1 Å². The Balaban J connectivity index is 1.32. The van der Waals surface area contributed by atoms with Crippen LogP contribution < -0.4 is 4.90 Å². The third kappa shape index (κ3) is 4.90. The third-order valence-corrected chi connectivity index (χ3v) is 7.63. The van der Waals surface area contributed by atoms with Crippen molar-refractivity contribution in [2.24, 2.45) is 5.92 Å². The smallest absolute Gasteiger partial charge is 0.254 e. The van der Waals surface area contributed by atoms with E-state index >= 15 is 0 Å². The molecule has 8 heteroatoms. The maximum absolute atomic E-state index is 13.7. The molecule has 0 radical (unpaired) electrons. The van der Waals surface area contributed by atoms with Crippen molar-refractivity contribution in [1.29, 1.82) is 0 Å². The number of piperazine rings is 1. The second-order valence-corrected chi connectivity index (χ2v) is 10.9. The highest BCUT2D eigenvalue weighted by Gasteiger charge is 2.27. The summed E-state index contributed by atoms with van der Waals surface area (Å²) in [7, 11) is 0. The largest absolute Gasteiger partial charge is 0.352 e. The Morgan fingerprint density at radius 1 is 0.925 bits per heavy atom. The third-order valence-electron chi connectivity index (χ3n) is 7.63. The number of aryl methyl sites for hydroxylation is 2. The van der Waals surface area contributed by atoms with Crippen LogP contribution in [0.4, 0.5) is 10.2 Å². The zero-order valence-corrected chi connectivity index (χ0v) is 23.1. The standard InChI is InChI=1S/C32H33FN6O/c1-21(2)11-16-28-34-30(29-22(3)36-39(31(29)35-28)25-14-12-24(33)13-15-25)37-17-19-38(20-18-37)32(40)27-10-6-8-23-7-4-5-9-26(23)27/h4-10,12-15,21H,11,16-20H2,1-3H3. The Labute approximate surface area is 233 Å². The molecule has 0 spiro atoms. The SMILES string of the molecule is Cc1nn(-c2ccc(F)cc2)c2nc(CCC(C)C)nc(N3CCN(C(=O)c4cccc5ccccc45)CC3)c12. The Kier molecular flexibility index (Phi) is 6.92. The molecule has 0 unspecified atom stereocenters. The van der Waals surface area contributed by atoms with Crippen LogP contribution in [-0.2, 0) is 6.42 Å². The fourth-order valence-electron chi connectivity index (χ4n) is 5.43. The number of halogens is 1. The number of hydrogen-bond acceptors (Lipinski definition) is 5. The average Bonchev–Trinajstić information content (AvgIpc) is 3.31. The molecule has 1 aliphatic rings. The Morgan fingerprint density at radius 2 is 1.65 bits per heavy atom. The molecule has 204 valence electrons. The minimum atomic E-state index is -0.291. The molecule has 0 saturated carbocycles. The molecular weight excluding hydrogens is 503 g/mol. The fraction of sp³-hybridized carbons (Fsp3) is 0.312. The minimum absolute atomic E-state index is 0.0576. The van der Waals surface area contributed by atoms with E-state index in [0.717, 1.165) is 63.2 Å². The van der Waals surface area contributed by atoms with Crippen LogP contribution in [-0.4, -0.2) is 56.7 Å². The molecule has 0 atom stereocenters. The van der Waals surface area contributed by atoms with Gasteiger partial charge in [-0.05, 0) is 60.4 Å². The Morgan fingerprint density at radius 3 is 2.40 bits per heavy atom. The summed E-state index contributed by atoms with van der Waals surface area (Å²) in [4.78, 5) is 27.7. The quantitative estimate of drug-likeness (QED) is 0.268. The summed E-state index contributed by atoms with van der Waals surface area (Å²) in [5.74, 6) is 1.92. The van der Waals surface area contributed by atoms with E-state index in [1.54, 1.807) is 16.8 Å². The number of aromatic nitrogens is 4. The lowest BCUT2D eigenvalue weighted by atomic mass is 10.0. The summed E-state index contributed by atoms with van der Waals surface area (Å²) in [6.45, 7) is 8.86. The number of benzene rings is 3. The maximum atomic E-state index is 13.7. The van der Waals surface area contributed by atoms with Crippen molar-refractivity contribution < 1.29 is 9.18 Å². The monoisotopic (exact) mass is 536 g/mol. The second-order valence-electron chi connectivity index (χ2n) is 10.9. The lowest BCUT2D eigenvalue weighted by molar-refractivity contribution is 0.0748. The van der Waals surface area contributed by atoms with Gasteiger partial charge < -0.3 is 9.80 Å². The first-order chi connectivity index (χ1) is 19.4. The lowest BCUT2D eigenvalue weighted by Crippen LogP contribution is -2.49. The van der Waals surface area contributed by atoms with Crippen LogP contribution in [0.25, 0.3) is 27.5 Å². The summed E-state index contributed by atoms with van der Waals surface area (Å²) in [6, 6.07) is 20.2. The molecular formula is C32H33FN6O. The van der Waals surface area contributed by atoms with Gasteiger partial charge in [-0.2, -0.15) is 5.10 Å². The molecule has 3 aromatic carbocycles. The van der Waals surface area contributed by atoms with Gasteiger partial charge in [0.25, 0.3) is 5.91 Å². The average molecular weight is 537 g/mol. The van der Waals surface area contributed by atoms with Crippen molar-refractivity contribution in [3.05, 3.63) is 89.6 Å². The van der Waals surface area contributed by atoms with Crippen LogP contribution in [0.15, 0.2) is 66.7 Å². The Bertz CT molecular complexity index is 1680. The van der Waals surface area contributed by atoms with Gasteiger partial charge in [0.1, 0.15) is 17.5 Å². The molecule has 1 saturated heterocycles. The van der Waals surface area contributed by atoms with Gasteiger partial charge in [-0.3, -0.25) is 4.79 Å². The first kappa shape index (κ1) is 25.9. The van der Waals surface area contributed by atoms with E-state index < -0.39 is 0 Å². The molecule has 3 heterocycles. The number of nitrogens with zero attached hydrogens (tertiary/aromatic N) is 6. The highest BCUT2D eigenvalue weighted by molar-refractivity contribution is 6.07. The molecule has 1 fully saturated rings. The predicted octanol–water partition coefficient (Wildman–Crippen LogP) is 5.97. The first-order valence-electron chi connectivity index (χ1n) is 13.9. The van der Waals surface area contributed by atoms with Crippen LogP contribution in [0.2, 0.25) is 0 Å². The van der Waals surface area contributed by atoms with Crippen molar-refractivity contribution in [3.63, 3.8) is 0 Å². The van der Waals surface area contributed by atoms with Gasteiger partial charge in [0, 0.05) is 38.2 Å². The summed E-state index contributed by atoms with van der Waals surface area (Å²) in [5.41, 5.74) is 3.04. The topological polar surface area (TPSA) is 67.2 Å². The van der Waals surface area contributed by atoms with Crippen molar-refractivity contribution in [2.75, 3.05) is 31.1 Å². The van der Waals surface area contributed by atoms with Crippen molar-refractivity contribution in [3.8, 4) is 5.69 Å². The van der Waals surface area contributed by atoms with Gasteiger partial charge in [0.05, 0.1) is 16.8 Å². The van der Waals surface area contributed by atoms with Gasteiger partial charge >= 0.3 is 0 Å². The van der Waals surface area contributed by atoms with Gasteiger partial charge in [0.15, 0.2) is 5.65 Å². The highest BCUT2D eigenvalue weighted by Crippen LogP contribution is 2.31. The molecule has 1 aliphatic heterocycles. The summed E-state index contributed by atoms with van der Waals surface area (Å²) in [6.07, 6.45) is 1.73. The van der Waals surface area contributed by atoms with E-state index in [9.17, 15) is 9.18 Å². The Hall–Kier alpha value is -4.33. The molecule has 40 heavy (non-hydrogen) atoms.